The van der Waals surface area contributed by atoms with Gasteiger partial charge in [-0.1, -0.05) is 29.8 Å². The summed E-state index contributed by atoms with van der Waals surface area (Å²) in [6.07, 6.45) is 0. The van der Waals surface area contributed by atoms with Crippen molar-refractivity contribution in [1.82, 2.24) is 0 Å². The number of rotatable bonds is 6. The normalized spacial score (nSPS) is 11.5. The van der Waals surface area contributed by atoms with Gasteiger partial charge in [0.25, 0.3) is 0 Å². The van der Waals surface area contributed by atoms with Crippen molar-refractivity contribution in [2.24, 2.45) is 0 Å². The van der Waals surface area contributed by atoms with E-state index in [0.717, 1.165) is 11.3 Å². The molecule has 6 heteroatoms. The maximum atomic E-state index is 12.4. The second-order valence-electron chi connectivity index (χ2n) is 5.36. The Morgan fingerprint density at radius 1 is 1.08 bits per heavy atom. The van der Waals surface area contributed by atoms with Crippen LogP contribution in [0, 0.1) is 6.92 Å². The number of methoxy groups -OCH3 is 2. The number of para-hydroxylation sites is 1. The summed E-state index contributed by atoms with van der Waals surface area (Å²) in [5.41, 5.74) is 2.41. The number of anilines is 2. The lowest BCUT2D eigenvalue weighted by Gasteiger charge is -2.19. The molecule has 0 heterocycles. The SMILES string of the molecule is COc1cc(OC)c(NC(C)C(=O)Nc2ccccc2C)cc1Cl. The van der Waals surface area contributed by atoms with Gasteiger partial charge in [0.15, 0.2) is 0 Å². The highest BCUT2D eigenvalue weighted by atomic mass is 35.5. The molecule has 128 valence electrons. The molecule has 2 rings (SSSR count). The quantitative estimate of drug-likeness (QED) is 0.825. The van der Waals surface area contributed by atoms with Crippen LogP contribution in [0.4, 0.5) is 11.4 Å². The van der Waals surface area contributed by atoms with Gasteiger partial charge in [-0.3, -0.25) is 4.79 Å². The summed E-state index contributed by atoms with van der Waals surface area (Å²) in [6.45, 7) is 3.71. The summed E-state index contributed by atoms with van der Waals surface area (Å²) >= 11 is 6.15. The lowest BCUT2D eigenvalue weighted by Crippen LogP contribution is -2.32. The molecule has 0 bridgehead atoms. The van der Waals surface area contributed by atoms with Crippen molar-refractivity contribution in [3.05, 3.63) is 47.0 Å². The predicted molar refractivity (Wildman–Crippen MR) is 97.4 cm³/mol. The van der Waals surface area contributed by atoms with E-state index < -0.39 is 6.04 Å². The molecule has 2 aromatic rings. The highest BCUT2D eigenvalue weighted by molar-refractivity contribution is 6.32. The van der Waals surface area contributed by atoms with Crippen molar-refractivity contribution in [2.75, 3.05) is 24.9 Å². The monoisotopic (exact) mass is 348 g/mol. The molecule has 2 N–H and O–H groups in total. The molecule has 0 saturated heterocycles. The standard InChI is InChI=1S/C18H21ClN2O3/c1-11-7-5-6-8-14(11)21-18(22)12(2)20-15-9-13(19)16(23-3)10-17(15)24-4/h5-10,12,20H,1-4H3,(H,21,22). The molecule has 0 aliphatic heterocycles. The van der Waals surface area contributed by atoms with E-state index >= 15 is 0 Å². The van der Waals surface area contributed by atoms with E-state index in [1.807, 2.05) is 31.2 Å². The molecule has 2 aromatic carbocycles. The van der Waals surface area contributed by atoms with Crippen molar-refractivity contribution in [1.29, 1.82) is 0 Å². The molecule has 0 fully saturated rings. The molecule has 1 amide bonds. The van der Waals surface area contributed by atoms with Crippen LogP contribution in [0.25, 0.3) is 0 Å². The first-order valence-corrected chi connectivity index (χ1v) is 7.88. The largest absolute Gasteiger partial charge is 0.495 e. The fourth-order valence-electron chi connectivity index (χ4n) is 2.23. The zero-order valence-electron chi connectivity index (χ0n) is 14.1. The number of carbonyl (C=O) groups is 1. The molecule has 0 aromatic heterocycles. The van der Waals surface area contributed by atoms with Crippen molar-refractivity contribution in [2.45, 2.75) is 19.9 Å². The molecule has 0 aliphatic rings. The van der Waals surface area contributed by atoms with E-state index in [4.69, 9.17) is 21.1 Å². The Morgan fingerprint density at radius 3 is 2.38 bits per heavy atom. The van der Waals surface area contributed by atoms with Gasteiger partial charge >= 0.3 is 0 Å². The van der Waals surface area contributed by atoms with Gasteiger partial charge < -0.3 is 20.1 Å². The number of hydrogen-bond donors (Lipinski definition) is 2. The minimum Gasteiger partial charge on any atom is -0.495 e. The lowest BCUT2D eigenvalue weighted by atomic mass is 10.2. The molecule has 1 atom stereocenters. The number of carbonyl (C=O) groups excluding carboxylic acids is 1. The van der Waals surface area contributed by atoms with E-state index in [1.165, 1.54) is 7.11 Å². The second kappa shape index (κ2) is 7.93. The number of halogens is 1. The van der Waals surface area contributed by atoms with Gasteiger partial charge in [-0.05, 0) is 31.5 Å². The van der Waals surface area contributed by atoms with Crippen molar-refractivity contribution in [3.8, 4) is 11.5 Å². The highest BCUT2D eigenvalue weighted by Crippen LogP contribution is 2.36. The topological polar surface area (TPSA) is 59.6 Å². The fourth-order valence-corrected chi connectivity index (χ4v) is 2.47. The smallest absolute Gasteiger partial charge is 0.246 e. The van der Waals surface area contributed by atoms with E-state index in [-0.39, 0.29) is 5.91 Å². The zero-order valence-corrected chi connectivity index (χ0v) is 14.9. The number of amides is 1. The molecule has 5 nitrogen and oxygen atoms in total. The Kier molecular flexibility index (Phi) is 5.93. The lowest BCUT2D eigenvalue weighted by molar-refractivity contribution is -0.116. The predicted octanol–water partition coefficient (Wildman–Crippen LogP) is 4.10. The van der Waals surface area contributed by atoms with Crippen LogP contribution in [0.3, 0.4) is 0 Å². The third-order valence-corrected chi connectivity index (χ3v) is 3.94. The Hall–Kier alpha value is -2.40. The number of ether oxygens (including phenoxy) is 2. The average Bonchev–Trinajstić information content (AvgIpc) is 2.57. The second-order valence-corrected chi connectivity index (χ2v) is 5.76. The van der Waals surface area contributed by atoms with E-state index in [1.54, 1.807) is 26.2 Å². The van der Waals surface area contributed by atoms with E-state index in [0.29, 0.717) is 22.2 Å². The zero-order chi connectivity index (χ0) is 17.7. The number of aryl methyl sites for hydroxylation is 1. The first-order valence-electron chi connectivity index (χ1n) is 7.50. The van der Waals surface area contributed by atoms with Crippen molar-refractivity contribution in [3.63, 3.8) is 0 Å². The first-order chi connectivity index (χ1) is 11.5. The molecule has 24 heavy (non-hydrogen) atoms. The summed E-state index contributed by atoms with van der Waals surface area (Å²) in [5, 5.41) is 6.46. The van der Waals surface area contributed by atoms with Gasteiger partial charge in [-0.2, -0.15) is 0 Å². The Bertz CT molecular complexity index is 734. The van der Waals surface area contributed by atoms with Crippen LogP contribution in [-0.2, 0) is 4.79 Å². The van der Waals surface area contributed by atoms with Crippen molar-refractivity contribution < 1.29 is 14.3 Å². The van der Waals surface area contributed by atoms with Gasteiger partial charge in [0, 0.05) is 11.8 Å². The van der Waals surface area contributed by atoms with Gasteiger partial charge in [0.2, 0.25) is 5.91 Å². The van der Waals surface area contributed by atoms with Crippen LogP contribution in [0.2, 0.25) is 5.02 Å². The Morgan fingerprint density at radius 2 is 1.75 bits per heavy atom. The molecular formula is C18H21ClN2O3. The van der Waals surface area contributed by atoms with Crippen LogP contribution in [0.15, 0.2) is 36.4 Å². The van der Waals surface area contributed by atoms with Crippen LogP contribution >= 0.6 is 11.6 Å². The van der Waals surface area contributed by atoms with Crippen LogP contribution < -0.4 is 20.1 Å². The average molecular weight is 349 g/mol. The van der Waals surface area contributed by atoms with E-state index in [9.17, 15) is 4.79 Å². The van der Waals surface area contributed by atoms with E-state index in [2.05, 4.69) is 10.6 Å². The number of benzene rings is 2. The summed E-state index contributed by atoms with van der Waals surface area (Å²) < 4.78 is 10.5. The first kappa shape index (κ1) is 17.9. The Labute approximate surface area is 146 Å². The summed E-state index contributed by atoms with van der Waals surface area (Å²) in [5.74, 6) is 0.904. The molecule has 0 radical (unpaired) electrons. The number of hydrogen-bond acceptors (Lipinski definition) is 4. The van der Waals surface area contributed by atoms with Crippen LogP contribution in [0.5, 0.6) is 11.5 Å². The van der Waals surface area contributed by atoms with Crippen LogP contribution in [0.1, 0.15) is 12.5 Å². The minimum atomic E-state index is -0.483. The van der Waals surface area contributed by atoms with Gasteiger partial charge in [0.1, 0.15) is 17.5 Å². The van der Waals surface area contributed by atoms with Crippen LogP contribution in [-0.4, -0.2) is 26.2 Å². The molecule has 0 saturated carbocycles. The van der Waals surface area contributed by atoms with Gasteiger partial charge in [0.05, 0.1) is 24.9 Å². The minimum absolute atomic E-state index is 0.154. The molecular weight excluding hydrogens is 328 g/mol. The molecule has 0 spiro atoms. The summed E-state index contributed by atoms with van der Waals surface area (Å²) in [7, 11) is 3.08. The molecule has 0 aliphatic carbocycles. The third-order valence-electron chi connectivity index (χ3n) is 3.64. The van der Waals surface area contributed by atoms with Crippen molar-refractivity contribution >= 4 is 28.9 Å². The molecule has 1 unspecified atom stereocenters. The summed E-state index contributed by atoms with van der Waals surface area (Å²) in [6, 6.07) is 10.5. The Balaban J connectivity index is 2.14. The third kappa shape index (κ3) is 4.11. The highest BCUT2D eigenvalue weighted by Gasteiger charge is 2.17. The summed E-state index contributed by atoms with van der Waals surface area (Å²) in [4.78, 5) is 12.4. The van der Waals surface area contributed by atoms with Gasteiger partial charge in [-0.25, -0.2) is 0 Å². The maximum Gasteiger partial charge on any atom is 0.246 e. The van der Waals surface area contributed by atoms with Gasteiger partial charge in [-0.15, -0.1) is 0 Å². The fraction of sp³-hybridized carbons (Fsp3) is 0.278. The number of nitrogens with one attached hydrogen (secondary N) is 2. The maximum absolute atomic E-state index is 12.4.